The van der Waals surface area contributed by atoms with E-state index in [-0.39, 0.29) is 12.2 Å². The van der Waals surface area contributed by atoms with E-state index in [0.717, 1.165) is 0 Å². The molecule has 0 aromatic heterocycles. The third kappa shape index (κ3) is 3.25. The van der Waals surface area contributed by atoms with Gasteiger partial charge in [0.25, 0.3) is 0 Å². The maximum absolute atomic E-state index is 13.1. The van der Waals surface area contributed by atoms with E-state index in [9.17, 15) is 9.50 Å². The van der Waals surface area contributed by atoms with Crippen LogP contribution in [-0.2, 0) is 6.42 Å². The lowest BCUT2D eigenvalue weighted by molar-refractivity contribution is 0.174. The maximum atomic E-state index is 13.1. The number of hydrogen-bond acceptors (Lipinski definition) is 2. The summed E-state index contributed by atoms with van der Waals surface area (Å²) in [6.07, 6.45) is -0.567. The quantitative estimate of drug-likeness (QED) is 0.924. The van der Waals surface area contributed by atoms with Gasteiger partial charge in [0.15, 0.2) is 0 Å². The Morgan fingerprint density at radius 2 is 2.00 bits per heavy atom. The maximum Gasteiger partial charge on any atom is 0.126 e. The van der Waals surface area contributed by atoms with Crippen LogP contribution in [0.5, 0.6) is 5.75 Å². The van der Waals surface area contributed by atoms with Crippen LogP contribution in [0.4, 0.5) is 4.39 Å². The number of aliphatic hydroxyl groups excluding tert-OH is 1. The number of ether oxygens (including phenoxy) is 1. The molecule has 0 spiro atoms. The normalized spacial score (nSPS) is 12.2. The second-order valence-corrected chi connectivity index (χ2v) is 4.61. The summed E-state index contributed by atoms with van der Waals surface area (Å²) in [4.78, 5) is 0. The smallest absolute Gasteiger partial charge is 0.126 e. The van der Waals surface area contributed by atoms with Gasteiger partial charge in [-0.1, -0.05) is 29.8 Å². The second-order valence-electron chi connectivity index (χ2n) is 4.21. The highest BCUT2D eigenvalue weighted by Gasteiger charge is 2.17. The molecule has 2 nitrogen and oxygen atoms in total. The molecule has 1 N–H and O–H groups in total. The van der Waals surface area contributed by atoms with E-state index in [1.165, 1.54) is 19.2 Å². The molecule has 0 bridgehead atoms. The van der Waals surface area contributed by atoms with Crippen LogP contribution < -0.4 is 4.74 Å². The zero-order valence-corrected chi connectivity index (χ0v) is 11.2. The molecule has 0 fully saturated rings. The molecule has 0 heterocycles. The Morgan fingerprint density at radius 3 is 2.68 bits per heavy atom. The molecule has 0 aliphatic rings. The number of benzene rings is 2. The van der Waals surface area contributed by atoms with Gasteiger partial charge in [-0.15, -0.1) is 0 Å². The van der Waals surface area contributed by atoms with E-state index in [1.807, 2.05) is 0 Å². The third-order valence-electron chi connectivity index (χ3n) is 2.88. The van der Waals surface area contributed by atoms with E-state index in [4.69, 9.17) is 16.3 Å². The Hall–Kier alpha value is -1.58. The first-order valence-corrected chi connectivity index (χ1v) is 6.24. The Kier molecular flexibility index (Phi) is 4.40. The van der Waals surface area contributed by atoms with E-state index in [1.54, 1.807) is 30.3 Å². The number of methoxy groups -OCH3 is 1. The van der Waals surface area contributed by atoms with Gasteiger partial charge in [0.05, 0.1) is 18.2 Å². The fourth-order valence-corrected chi connectivity index (χ4v) is 2.30. The summed E-state index contributed by atoms with van der Waals surface area (Å²) >= 11 is 6.09. The van der Waals surface area contributed by atoms with Crippen LogP contribution in [0.3, 0.4) is 0 Å². The summed E-state index contributed by atoms with van der Waals surface area (Å²) < 4.78 is 18.3. The molecule has 4 heteroatoms. The molecule has 2 aromatic carbocycles. The molecule has 0 radical (unpaired) electrons. The highest BCUT2D eigenvalue weighted by molar-refractivity contribution is 6.31. The van der Waals surface area contributed by atoms with Crippen LogP contribution in [0, 0.1) is 5.82 Å². The molecule has 2 rings (SSSR count). The number of aliphatic hydroxyl groups is 1. The highest BCUT2D eigenvalue weighted by Crippen LogP contribution is 2.33. The van der Waals surface area contributed by atoms with Crippen LogP contribution in [0.25, 0.3) is 0 Å². The summed E-state index contributed by atoms with van der Waals surface area (Å²) in [5, 5.41) is 10.7. The monoisotopic (exact) mass is 280 g/mol. The van der Waals surface area contributed by atoms with Crippen molar-refractivity contribution in [3.05, 3.63) is 64.4 Å². The zero-order chi connectivity index (χ0) is 13.8. The number of hydrogen-bond donors (Lipinski definition) is 1. The molecule has 2 aromatic rings. The first-order chi connectivity index (χ1) is 9.11. The van der Waals surface area contributed by atoms with Crippen molar-refractivity contribution in [3.8, 4) is 5.75 Å². The van der Waals surface area contributed by atoms with Crippen LogP contribution in [0.2, 0.25) is 5.02 Å². The summed E-state index contributed by atoms with van der Waals surface area (Å²) in [7, 11) is 1.52. The van der Waals surface area contributed by atoms with Crippen molar-refractivity contribution < 1.29 is 14.2 Å². The standard InChI is InChI=1S/C15H14ClFO2/c1-19-14-7-3-6-12(16)15(14)13(18)9-10-4-2-5-11(17)8-10/h2-8,13,18H,9H2,1H3. The Bertz CT molecular complexity index is 572. The lowest BCUT2D eigenvalue weighted by atomic mass is 10.0. The van der Waals surface area contributed by atoms with Gasteiger partial charge >= 0.3 is 0 Å². The largest absolute Gasteiger partial charge is 0.496 e. The average Bonchev–Trinajstić information content (AvgIpc) is 2.38. The molecular formula is C15H14ClFO2. The van der Waals surface area contributed by atoms with Gasteiger partial charge in [0.2, 0.25) is 0 Å². The van der Waals surface area contributed by atoms with Gasteiger partial charge in [0.1, 0.15) is 11.6 Å². The number of halogens is 2. The van der Waals surface area contributed by atoms with Crippen LogP contribution in [0.15, 0.2) is 42.5 Å². The van der Waals surface area contributed by atoms with Crippen molar-refractivity contribution in [2.75, 3.05) is 7.11 Å². The van der Waals surface area contributed by atoms with Gasteiger partial charge in [-0.2, -0.15) is 0 Å². The minimum Gasteiger partial charge on any atom is -0.496 e. The van der Waals surface area contributed by atoms with Crippen LogP contribution in [-0.4, -0.2) is 12.2 Å². The molecule has 1 unspecified atom stereocenters. The third-order valence-corrected chi connectivity index (χ3v) is 3.21. The SMILES string of the molecule is COc1cccc(Cl)c1C(O)Cc1cccc(F)c1. The molecule has 100 valence electrons. The van der Waals surface area contributed by atoms with Crippen molar-refractivity contribution in [2.45, 2.75) is 12.5 Å². The Labute approximate surface area is 116 Å². The molecule has 1 atom stereocenters. The first kappa shape index (κ1) is 13.8. The fourth-order valence-electron chi connectivity index (χ4n) is 2.01. The van der Waals surface area contributed by atoms with E-state index in [0.29, 0.717) is 21.9 Å². The van der Waals surface area contributed by atoms with Crippen molar-refractivity contribution in [3.63, 3.8) is 0 Å². The highest BCUT2D eigenvalue weighted by atomic mass is 35.5. The molecule has 0 aliphatic heterocycles. The molecule has 0 aliphatic carbocycles. The summed E-state index contributed by atoms with van der Waals surface area (Å²) in [5.74, 6) is 0.201. The van der Waals surface area contributed by atoms with Crippen LogP contribution in [0.1, 0.15) is 17.2 Å². The van der Waals surface area contributed by atoms with Gasteiger partial charge in [0, 0.05) is 12.0 Å². The second kappa shape index (κ2) is 6.04. The lowest BCUT2D eigenvalue weighted by Gasteiger charge is -2.16. The zero-order valence-electron chi connectivity index (χ0n) is 10.4. The van der Waals surface area contributed by atoms with Gasteiger partial charge in [-0.25, -0.2) is 4.39 Å². The van der Waals surface area contributed by atoms with Crippen molar-refractivity contribution in [1.82, 2.24) is 0 Å². The number of rotatable bonds is 4. The van der Waals surface area contributed by atoms with Gasteiger partial charge in [-0.05, 0) is 29.8 Å². The lowest BCUT2D eigenvalue weighted by Crippen LogP contribution is -2.05. The molecule has 0 saturated carbocycles. The van der Waals surface area contributed by atoms with Gasteiger partial charge in [-0.3, -0.25) is 0 Å². The Morgan fingerprint density at radius 1 is 1.26 bits per heavy atom. The molecule has 0 saturated heterocycles. The Balaban J connectivity index is 2.27. The predicted octanol–water partition coefficient (Wildman–Crippen LogP) is 3.76. The van der Waals surface area contributed by atoms with E-state index >= 15 is 0 Å². The van der Waals surface area contributed by atoms with Crippen molar-refractivity contribution >= 4 is 11.6 Å². The average molecular weight is 281 g/mol. The molecular weight excluding hydrogens is 267 g/mol. The summed E-state index contributed by atoms with van der Waals surface area (Å²) in [6.45, 7) is 0. The minimum absolute atomic E-state index is 0.276. The van der Waals surface area contributed by atoms with Crippen LogP contribution >= 0.6 is 11.6 Å². The topological polar surface area (TPSA) is 29.5 Å². The minimum atomic E-state index is -0.842. The molecule has 0 amide bonds. The fraction of sp³-hybridized carbons (Fsp3) is 0.200. The van der Waals surface area contributed by atoms with Gasteiger partial charge < -0.3 is 9.84 Å². The van der Waals surface area contributed by atoms with Crippen molar-refractivity contribution in [2.24, 2.45) is 0 Å². The van der Waals surface area contributed by atoms with E-state index < -0.39 is 6.10 Å². The molecule has 19 heavy (non-hydrogen) atoms. The summed E-state index contributed by atoms with van der Waals surface area (Å²) in [5.41, 5.74) is 1.23. The first-order valence-electron chi connectivity index (χ1n) is 5.86. The summed E-state index contributed by atoms with van der Waals surface area (Å²) in [6, 6.07) is 11.3. The van der Waals surface area contributed by atoms with E-state index in [2.05, 4.69) is 0 Å². The van der Waals surface area contributed by atoms with Crippen molar-refractivity contribution in [1.29, 1.82) is 0 Å². The predicted molar refractivity (Wildman–Crippen MR) is 73.1 cm³/mol.